The predicted molar refractivity (Wildman–Crippen MR) is 80.0 cm³/mol. The number of esters is 2. The molecular weight excluding hydrogens is 314 g/mol. The Hall–Kier alpha value is -1.81. The molecule has 126 valence electrons. The van der Waals surface area contributed by atoms with E-state index in [9.17, 15) is 19.2 Å². The Kier molecular flexibility index (Phi) is 9.96. The highest BCUT2D eigenvalue weighted by molar-refractivity contribution is 7.80. The summed E-state index contributed by atoms with van der Waals surface area (Å²) in [5, 5.41) is 4.74. The zero-order chi connectivity index (χ0) is 17.1. The fourth-order valence-electron chi connectivity index (χ4n) is 1.37. The molecule has 2 amide bonds. The van der Waals surface area contributed by atoms with Crippen LogP contribution >= 0.6 is 12.6 Å². The van der Waals surface area contributed by atoms with Crippen LogP contribution in [0.2, 0.25) is 0 Å². The molecule has 0 saturated heterocycles. The molecule has 0 aliphatic carbocycles. The summed E-state index contributed by atoms with van der Waals surface area (Å²) in [6.07, 6.45) is 0.0341. The minimum absolute atomic E-state index is 0.0435. The van der Waals surface area contributed by atoms with Crippen LogP contribution in [0.1, 0.15) is 12.8 Å². The van der Waals surface area contributed by atoms with E-state index in [0.717, 1.165) is 0 Å². The summed E-state index contributed by atoms with van der Waals surface area (Å²) in [5.41, 5.74) is 5.50. The van der Waals surface area contributed by atoms with Crippen molar-refractivity contribution in [3.63, 3.8) is 0 Å². The first-order valence-electron chi connectivity index (χ1n) is 6.43. The molecule has 2 unspecified atom stereocenters. The maximum absolute atomic E-state index is 11.7. The maximum Gasteiger partial charge on any atom is 0.325 e. The first-order valence-corrected chi connectivity index (χ1v) is 7.07. The lowest BCUT2D eigenvalue weighted by atomic mass is 10.1. The summed E-state index contributed by atoms with van der Waals surface area (Å²) in [7, 11) is 2.39. The molecule has 0 heterocycles. The van der Waals surface area contributed by atoms with E-state index in [1.807, 2.05) is 0 Å². The van der Waals surface area contributed by atoms with Gasteiger partial charge >= 0.3 is 11.9 Å². The second-order valence-electron chi connectivity index (χ2n) is 4.26. The molecule has 0 fully saturated rings. The van der Waals surface area contributed by atoms with Gasteiger partial charge in [0.25, 0.3) is 0 Å². The molecule has 0 spiro atoms. The molecule has 9 nitrogen and oxygen atoms in total. The number of thiol groups is 1. The van der Waals surface area contributed by atoms with Crippen molar-refractivity contribution < 1.29 is 28.7 Å². The molecule has 0 radical (unpaired) electrons. The first-order chi connectivity index (χ1) is 10.3. The van der Waals surface area contributed by atoms with Gasteiger partial charge in [-0.05, 0) is 6.42 Å². The minimum Gasteiger partial charge on any atom is -0.468 e. The molecule has 22 heavy (non-hydrogen) atoms. The topological polar surface area (TPSA) is 137 Å². The van der Waals surface area contributed by atoms with Crippen LogP contribution in [0.4, 0.5) is 0 Å². The molecular formula is C12H21N3O6S. The number of hydrogen-bond donors (Lipinski definition) is 4. The van der Waals surface area contributed by atoms with Crippen LogP contribution in [-0.2, 0) is 28.7 Å². The first kappa shape index (κ1) is 20.2. The summed E-state index contributed by atoms with van der Waals surface area (Å²) >= 11 is 3.96. The molecule has 10 heteroatoms. The van der Waals surface area contributed by atoms with Crippen LogP contribution in [0.25, 0.3) is 0 Å². The standard InChI is InChI=1S/C12H21N3O6S/c1-20-10(17)5-14-11(18)8(6-22)15-9(16)4-3-7(13)12(19)21-2/h7-8,22H,3-6,13H2,1-2H3,(H,14,18)(H,15,16). The predicted octanol–water partition coefficient (Wildman–Crippen LogP) is -2.03. The van der Waals surface area contributed by atoms with E-state index >= 15 is 0 Å². The molecule has 0 aliphatic heterocycles. The molecule has 0 aromatic rings. The second-order valence-corrected chi connectivity index (χ2v) is 4.63. The third-order valence-corrected chi connectivity index (χ3v) is 3.02. The molecule has 0 rings (SSSR count). The number of amides is 2. The van der Waals surface area contributed by atoms with Gasteiger partial charge in [-0.2, -0.15) is 12.6 Å². The Morgan fingerprint density at radius 2 is 1.82 bits per heavy atom. The van der Waals surface area contributed by atoms with Crippen molar-refractivity contribution in [2.75, 3.05) is 26.5 Å². The fourth-order valence-corrected chi connectivity index (χ4v) is 1.63. The van der Waals surface area contributed by atoms with Crippen molar-refractivity contribution in [3.8, 4) is 0 Å². The number of carbonyl (C=O) groups is 4. The van der Waals surface area contributed by atoms with Crippen molar-refractivity contribution in [2.24, 2.45) is 5.73 Å². The summed E-state index contributed by atoms with van der Waals surface area (Å²) in [6, 6.07) is -1.81. The van der Waals surface area contributed by atoms with E-state index in [-0.39, 0.29) is 25.1 Å². The number of nitrogens with one attached hydrogen (secondary N) is 2. The highest BCUT2D eigenvalue weighted by atomic mass is 32.1. The minimum atomic E-state index is -0.908. The van der Waals surface area contributed by atoms with Gasteiger partial charge in [0.15, 0.2) is 0 Å². The third-order valence-electron chi connectivity index (χ3n) is 2.66. The highest BCUT2D eigenvalue weighted by Crippen LogP contribution is 1.98. The normalized spacial score (nSPS) is 12.7. The van der Waals surface area contributed by atoms with E-state index in [0.29, 0.717) is 0 Å². The Balaban J connectivity index is 4.25. The zero-order valence-corrected chi connectivity index (χ0v) is 13.4. The van der Waals surface area contributed by atoms with E-state index in [4.69, 9.17) is 5.73 Å². The number of hydrogen-bond acceptors (Lipinski definition) is 8. The monoisotopic (exact) mass is 335 g/mol. The largest absolute Gasteiger partial charge is 0.468 e. The Bertz CT molecular complexity index is 418. The molecule has 0 aliphatic rings. The Labute approximate surface area is 133 Å². The van der Waals surface area contributed by atoms with Gasteiger partial charge < -0.3 is 25.8 Å². The average Bonchev–Trinajstić information content (AvgIpc) is 2.53. The van der Waals surface area contributed by atoms with Crippen LogP contribution < -0.4 is 16.4 Å². The van der Waals surface area contributed by atoms with Crippen molar-refractivity contribution >= 4 is 36.4 Å². The lowest BCUT2D eigenvalue weighted by Gasteiger charge is -2.16. The van der Waals surface area contributed by atoms with Gasteiger partial charge in [-0.25, -0.2) is 0 Å². The molecule has 0 bridgehead atoms. The fraction of sp³-hybridized carbons (Fsp3) is 0.667. The van der Waals surface area contributed by atoms with Gasteiger partial charge in [0.1, 0.15) is 18.6 Å². The van der Waals surface area contributed by atoms with Gasteiger partial charge in [-0.1, -0.05) is 0 Å². The molecule has 0 aromatic carbocycles. The Morgan fingerprint density at radius 3 is 2.32 bits per heavy atom. The summed E-state index contributed by atoms with van der Waals surface area (Å²) in [5.74, 6) is -2.21. The van der Waals surface area contributed by atoms with E-state index in [1.165, 1.54) is 14.2 Å². The SMILES string of the molecule is COC(=O)CNC(=O)C(CS)NC(=O)CCC(N)C(=O)OC. The lowest BCUT2D eigenvalue weighted by Crippen LogP contribution is -2.49. The van der Waals surface area contributed by atoms with Crippen molar-refractivity contribution in [3.05, 3.63) is 0 Å². The number of carbonyl (C=O) groups excluding carboxylic acids is 4. The van der Waals surface area contributed by atoms with Crippen LogP contribution in [0.5, 0.6) is 0 Å². The number of nitrogens with two attached hydrogens (primary N) is 1. The molecule has 2 atom stereocenters. The molecule has 0 saturated carbocycles. The second kappa shape index (κ2) is 10.9. The van der Waals surface area contributed by atoms with Crippen molar-refractivity contribution in [1.29, 1.82) is 0 Å². The Morgan fingerprint density at radius 1 is 1.18 bits per heavy atom. The molecule has 0 aromatic heterocycles. The zero-order valence-electron chi connectivity index (χ0n) is 12.5. The van der Waals surface area contributed by atoms with Crippen molar-refractivity contribution in [1.82, 2.24) is 10.6 Å². The van der Waals surface area contributed by atoms with Gasteiger partial charge in [0.05, 0.1) is 14.2 Å². The van der Waals surface area contributed by atoms with Crippen molar-refractivity contribution in [2.45, 2.75) is 24.9 Å². The van der Waals surface area contributed by atoms with Gasteiger partial charge in [-0.15, -0.1) is 0 Å². The highest BCUT2D eigenvalue weighted by Gasteiger charge is 2.21. The summed E-state index contributed by atoms with van der Waals surface area (Å²) < 4.78 is 8.81. The lowest BCUT2D eigenvalue weighted by molar-refractivity contribution is -0.142. The summed E-state index contributed by atoms with van der Waals surface area (Å²) in [6.45, 7) is -0.303. The van der Waals surface area contributed by atoms with Crippen LogP contribution in [0.15, 0.2) is 0 Å². The summed E-state index contributed by atoms with van der Waals surface area (Å²) in [4.78, 5) is 45.5. The number of methoxy groups -OCH3 is 2. The van der Waals surface area contributed by atoms with Crippen LogP contribution in [-0.4, -0.2) is 62.4 Å². The third kappa shape index (κ3) is 7.84. The number of rotatable bonds is 9. The van der Waals surface area contributed by atoms with E-state index in [2.05, 4.69) is 32.7 Å². The van der Waals surface area contributed by atoms with E-state index in [1.54, 1.807) is 0 Å². The quantitative estimate of drug-likeness (QED) is 0.282. The van der Waals surface area contributed by atoms with E-state index < -0.39 is 35.8 Å². The van der Waals surface area contributed by atoms with Gasteiger partial charge in [0.2, 0.25) is 11.8 Å². The number of ether oxygens (including phenoxy) is 2. The average molecular weight is 335 g/mol. The smallest absolute Gasteiger partial charge is 0.325 e. The van der Waals surface area contributed by atoms with Crippen LogP contribution in [0, 0.1) is 0 Å². The van der Waals surface area contributed by atoms with Gasteiger partial charge in [0, 0.05) is 12.2 Å². The van der Waals surface area contributed by atoms with Crippen LogP contribution in [0.3, 0.4) is 0 Å². The molecule has 4 N–H and O–H groups in total. The van der Waals surface area contributed by atoms with Gasteiger partial charge in [-0.3, -0.25) is 19.2 Å². The maximum atomic E-state index is 11.7.